The predicted molar refractivity (Wildman–Crippen MR) is 148 cm³/mol. The number of amides is 2. The largest absolute Gasteiger partial charge is 0.405 e. The van der Waals surface area contributed by atoms with Crippen molar-refractivity contribution in [3.63, 3.8) is 0 Å². The van der Waals surface area contributed by atoms with E-state index in [1.165, 1.54) is 0 Å². The number of hydrogen-bond acceptors (Lipinski definition) is 4. The van der Waals surface area contributed by atoms with Gasteiger partial charge in [-0.05, 0) is 59.4 Å². The summed E-state index contributed by atoms with van der Waals surface area (Å²) in [5, 5.41) is 8.15. The van der Waals surface area contributed by atoms with Crippen LogP contribution in [0.4, 0.5) is 24.7 Å². The highest BCUT2D eigenvalue weighted by molar-refractivity contribution is 6.03. The molecule has 0 atom stereocenters. The van der Waals surface area contributed by atoms with Gasteiger partial charge in [-0.25, -0.2) is 4.98 Å². The molecule has 5 rings (SSSR count). The highest BCUT2D eigenvalue weighted by atomic mass is 19.4. The van der Waals surface area contributed by atoms with Crippen molar-refractivity contribution >= 4 is 23.3 Å². The molecule has 2 amide bonds. The molecule has 3 aromatic carbocycles. The Balaban J connectivity index is 1.29. The van der Waals surface area contributed by atoms with Crippen LogP contribution in [0.3, 0.4) is 0 Å². The molecule has 0 fully saturated rings. The van der Waals surface area contributed by atoms with Crippen molar-refractivity contribution in [2.45, 2.75) is 24.4 Å². The minimum Gasteiger partial charge on any atom is -0.384 e. The van der Waals surface area contributed by atoms with Gasteiger partial charge in [0, 0.05) is 12.1 Å². The van der Waals surface area contributed by atoms with Crippen LogP contribution >= 0.6 is 0 Å². The van der Waals surface area contributed by atoms with E-state index in [0.29, 0.717) is 47.6 Å². The van der Waals surface area contributed by atoms with Crippen LogP contribution in [0.1, 0.15) is 34.3 Å². The number of carbonyl (C=O) groups is 2. The molecule has 1 aromatic heterocycles. The number of benzene rings is 3. The topological polar surface area (TPSA) is 83.1 Å². The summed E-state index contributed by atoms with van der Waals surface area (Å²) in [4.78, 5) is 30.2. The second-order valence-corrected chi connectivity index (χ2v) is 9.58. The number of fused-ring (bicyclic) bond motifs is 3. The SMILES string of the molecule is O=C(Nc1ccc(NCCCC2(C(=O)NCC(F)(F)F)c3ccccc3-c3ccccc32)cn1)c1ccccc1. The van der Waals surface area contributed by atoms with Crippen LogP contribution in [-0.2, 0) is 10.2 Å². The molecule has 0 spiro atoms. The van der Waals surface area contributed by atoms with Crippen molar-refractivity contribution in [2.24, 2.45) is 0 Å². The lowest BCUT2D eigenvalue weighted by Crippen LogP contribution is -2.47. The summed E-state index contributed by atoms with van der Waals surface area (Å²) in [7, 11) is 0. The van der Waals surface area contributed by atoms with E-state index >= 15 is 0 Å². The van der Waals surface area contributed by atoms with Crippen molar-refractivity contribution in [1.82, 2.24) is 10.3 Å². The minimum absolute atomic E-state index is 0.264. The second kappa shape index (κ2) is 11.2. The Morgan fingerprint density at radius 2 is 1.43 bits per heavy atom. The highest BCUT2D eigenvalue weighted by Crippen LogP contribution is 2.51. The number of anilines is 2. The van der Waals surface area contributed by atoms with Crippen molar-refractivity contribution in [1.29, 1.82) is 0 Å². The molecule has 1 aliphatic carbocycles. The Morgan fingerprint density at radius 1 is 0.800 bits per heavy atom. The van der Waals surface area contributed by atoms with Gasteiger partial charge in [-0.1, -0.05) is 66.7 Å². The fraction of sp³-hybridized carbons (Fsp3) is 0.194. The van der Waals surface area contributed by atoms with Gasteiger partial charge in [0.15, 0.2) is 0 Å². The summed E-state index contributed by atoms with van der Waals surface area (Å²) in [6.45, 7) is -0.939. The van der Waals surface area contributed by atoms with Crippen LogP contribution in [0.5, 0.6) is 0 Å². The van der Waals surface area contributed by atoms with Crippen LogP contribution in [0, 0.1) is 0 Å². The molecule has 1 heterocycles. The first-order valence-electron chi connectivity index (χ1n) is 12.9. The minimum atomic E-state index is -4.52. The molecule has 0 aliphatic heterocycles. The van der Waals surface area contributed by atoms with Crippen LogP contribution in [0.2, 0.25) is 0 Å². The van der Waals surface area contributed by atoms with Crippen molar-refractivity contribution in [2.75, 3.05) is 23.7 Å². The number of nitrogens with one attached hydrogen (secondary N) is 3. The lowest BCUT2D eigenvalue weighted by molar-refractivity contribution is -0.141. The van der Waals surface area contributed by atoms with Crippen molar-refractivity contribution < 1.29 is 22.8 Å². The van der Waals surface area contributed by atoms with Gasteiger partial charge in [-0.15, -0.1) is 0 Å². The molecule has 0 radical (unpaired) electrons. The Kier molecular flexibility index (Phi) is 7.55. The third-order valence-electron chi connectivity index (χ3n) is 7.00. The predicted octanol–water partition coefficient (Wildman–Crippen LogP) is 6.17. The average molecular weight is 545 g/mol. The molecule has 0 unspecified atom stereocenters. The third kappa shape index (κ3) is 5.54. The van der Waals surface area contributed by atoms with Gasteiger partial charge in [-0.2, -0.15) is 13.2 Å². The van der Waals surface area contributed by atoms with Gasteiger partial charge in [0.2, 0.25) is 5.91 Å². The summed E-state index contributed by atoms with van der Waals surface area (Å²) in [6, 6.07) is 27.0. The smallest absolute Gasteiger partial charge is 0.384 e. The Labute approximate surface area is 229 Å². The van der Waals surface area contributed by atoms with Crippen LogP contribution in [0.25, 0.3) is 11.1 Å². The fourth-order valence-electron chi connectivity index (χ4n) is 5.22. The number of nitrogens with zero attached hydrogens (tertiary/aromatic N) is 1. The first-order chi connectivity index (χ1) is 19.3. The number of halogens is 3. The van der Waals surface area contributed by atoms with Crippen LogP contribution in [0.15, 0.2) is 97.2 Å². The first kappa shape index (κ1) is 26.9. The average Bonchev–Trinajstić information content (AvgIpc) is 3.26. The molecule has 3 N–H and O–H groups in total. The highest BCUT2D eigenvalue weighted by Gasteiger charge is 2.49. The van der Waals surface area contributed by atoms with Gasteiger partial charge in [0.1, 0.15) is 17.8 Å². The van der Waals surface area contributed by atoms with E-state index < -0.39 is 24.0 Å². The number of rotatable bonds is 9. The Bertz CT molecular complexity index is 1460. The summed E-state index contributed by atoms with van der Waals surface area (Å²) in [5.41, 5.74) is 3.10. The summed E-state index contributed by atoms with van der Waals surface area (Å²) in [6.07, 6.45) is -2.13. The van der Waals surface area contributed by atoms with E-state index in [9.17, 15) is 22.8 Å². The zero-order valence-electron chi connectivity index (χ0n) is 21.5. The molecule has 0 saturated carbocycles. The van der Waals surface area contributed by atoms with E-state index in [4.69, 9.17) is 0 Å². The van der Waals surface area contributed by atoms with Crippen LogP contribution in [-0.4, -0.2) is 36.1 Å². The maximum Gasteiger partial charge on any atom is 0.405 e. The number of alkyl halides is 3. The molecule has 0 bridgehead atoms. The zero-order chi connectivity index (χ0) is 28.2. The number of carbonyl (C=O) groups excluding carboxylic acids is 2. The number of aromatic nitrogens is 1. The zero-order valence-corrected chi connectivity index (χ0v) is 21.5. The van der Waals surface area contributed by atoms with E-state index in [-0.39, 0.29) is 5.91 Å². The standard InChI is InChI=1S/C31H27F3N4O2/c32-31(33,34)20-37-29(40)30(25-13-6-4-11-23(25)24-12-5-7-14-26(24)30)17-8-18-35-22-15-16-27(36-19-22)38-28(39)21-9-2-1-3-10-21/h1-7,9-16,19,35H,8,17-18,20H2,(H,37,40)(H,36,38,39). The summed E-state index contributed by atoms with van der Waals surface area (Å²) in [5.74, 6) is -0.527. The molecular formula is C31H27F3N4O2. The quantitative estimate of drug-likeness (QED) is 0.220. The summed E-state index contributed by atoms with van der Waals surface area (Å²) < 4.78 is 39.1. The van der Waals surface area contributed by atoms with Crippen molar-refractivity contribution in [3.05, 3.63) is 114 Å². The van der Waals surface area contributed by atoms with E-state index in [2.05, 4.69) is 20.9 Å². The molecule has 1 aliphatic rings. The molecule has 204 valence electrons. The fourth-order valence-corrected chi connectivity index (χ4v) is 5.22. The maximum atomic E-state index is 13.6. The van der Waals surface area contributed by atoms with Crippen LogP contribution < -0.4 is 16.0 Å². The normalized spacial score (nSPS) is 13.2. The maximum absolute atomic E-state index is 13.6. The number of pyridine rings is 1. The number of hydrogen-bond donors (Lipinski definition) is 3. The lowest BCUT2D eigenvalue weighted by atomic mass is 9.73. The molecule has 6 nitrogen and oxygen atoms in total. The van der Waals surface area contributed by atoms with Gasteiger partial charge in [-0.3, -0.25) is 9.59 Å². The Morgan fingerprint density at radius 3 is 2.02 bits per heavy atom. The molecule has 4 aromatic rings. The monoisotopic (exact) mass is 544 g/mol. The van der Waals surface area contributed by atoms with E-state index in [0.717, 1.165) is 11.1 Å². The Hall–Kier alpha value is -4.66. The lowest BCUT2D eigenvalue weighted by Gasteiger charge is -2.31. The first-order valence-corrected chi connectivity index (χ1v) is 12.9. The van der Waals surface area contributed by atoms with Gasteiger partial charge < -0.3 is 16.0 Å². The van der Waals surface area contributed by atoms with Gasteiger partial charge >= 0.3 is 6.18 Å². The summed E-state index contributed by atoms with van der Waals surface area (Å²) >= 11 is 0. The molecule has 9 heteroatoms. The second-order valence-electron chi connectivity index (χ2n) is 9.58. The molecule has 40 heavy (non-hydrogen) atoms. The van der Waals surface area contributed by atoms with Gasteiger partial charge in [0.05, 0.1) is 11.9 Å². The molecule has 0 saturated heterocycles. The van der Waals surface area contributed by atoms with E-state index in [1.54, 1.807) is 54.7 Å². The van der Waals surface area contributed by atoms with Crippen molar-refractivity contribution in [3.8, 4) is 11.1 Å². The molecular weight excluding hydrogens is 517 g/mol. The van der Waals surface area contributed by atoms with E-state index in [1.807, 2.05) is 42.5 Å². The van der Waals surface area contributed by atoms with Gasteiger partial charge in [0.25, 0.3) is 5.91 Å². The third-order valence-corrected chi connectivity index (χ3v) is 7.00.